The number of hydrogen-bond donors (Lipinski definition) is 6. The highest BCUT2D eigenvalue weighted by Crippen LogP contribution is 2.29. The third-order valence-electron chi connectivity index (χ3n) is 5.91. The fourth-order valence-electron chi connectivity index (χ4n) is 4.39. The minimum atomic E-state index is -0.728. The second-order valence-electron chi connectivity index (χ2n) is 9.05. The Bertz CT molecular complexity index is 1070. The maximum absolute atomic E-state index is 11.5. The summed E-state index contributed by atoms with van der Waals surface area (Å²) in [6.45, 7) is 1.93. The predicted molar refractivity (Wildman–Crippen MR) is 132 cm³/mol. The van der Waals surface area contributed by atoms with Gasteiger partial charge in [-0.15, -0.1) is 0 Å². The first-order chi connectivity index (χ1) is 17.1. The molecule has 194 valence electrons. The molecule has 4 atom stereocenters. The average Bonchev–Trinajstić information content (AvgIpc) is 2.81. The molecule has 10 N–H and O–H groups in total. The van der Waals surface area contributed by atoms with Gasteiger partial charge in [0.25, 0.3) is 5.69 Å². The molecule has 2 aromatic rings. The first kappa shape index (κ1) is 25.2. The van der Waals surface area contributed by atoms with Gasteiger partial charge in [0.15, 0.2) is 0 Å². The molecule has 0 spiro atoms. The molecule has 0 aliphatic carbocycles. The van der Waals surface area contributed by atoms with Gasteiger partial charge in [-0.3, -0.25) is 31.1 Å². The van der Waals surface area contributed by atoms with Crippen molar-refractivity contribution >= 4 is 34.9 Å². The van der Waals surface area contributed by atoms with Crippen LogP contribution in [-0.4, -0.2) is 75.1 Å². The number of piperidine rings is 2. The lowest BCUT2D eigenvalue weighted by Crippen LogP contribution is -2.54. The van der Waals surface area contributed by atoms with Crippen molar-refractivity contribution in [2.45, 2.75) is 37.0 Å². The van der Waals surface area contributed by atoms with Gasteiger partial charge in [-0.25, -0.2) is 0 Å². The highest BCUT2D eigenvalue weighted by Gasteiger charge is 2.29. The van der Waals surface area contributed by atoms with E-state index in [-0.39, 0.29) is 35.8 Å². The number of rotatable bonds is 7. The Kier molecular flexibility index (Phi) is 7.25. The van der Waals surface area contributed by atoms with Gasteiger partial charge in [-0.2, -0.15) is 15.0 Å². The number of hydrazine groups is 1. The Balaban J connectivity index is 1.64. The van der Waals surface area contributed by atoms with Gasteiger partial charge in [-0.1, -0.05) is 0 Å². The van der Waals surface area contributed by atoms with Crippen molar-refractivity contribution in [1.82, 2.24) is 15.0 Å². The average molecular weight is 504 g/mol. The molecular formula is C19H29N13O4. The second-order valence-corrected chi connectivity index (χ2v) is 9.05. The molecule has 0 bridgehead atoms. The fraction of sp³-hybridized carbons (Fsp3) is 0.526. The number of nitrogens with one attached hydrogen (secondary N) is 2. The van der Waals surface area contributed by atoms with Crippen LogP contribution in [0.3, 0.4) is 0 Å². The van der Waals surface area contributed by atoms with E-state index in [9.17, 15) is 20.2 Å². The van der Waals surface area contributed by atoms with E-state index in [4.69, 9.17) is 22.9 Å². The molecule has 2 saturated heterocycles. The lowest BCUT2D eigenvalue weighted by Gasteiger charge is -2.37. The summed E-state index contributed by atoms with van der Waals surface area (Å²) in [6, 6.07) is 2.57. The molecule has 0 radical (unpaired) electrons. The Morgan fingerprint density at radius 1 is 0.778 bits per heavy atom. The molecule has 0 saturated carbocycles. The van der Waals surface area contributed by atoms with Crippen molar-refractivity contribution in [3.63, 3.8) is 0 Å². The van der Waals surface area contributed by atoms with Gasteiger partial charge in [0.1, 0.15) is 5.69 Å². The van der Waals surface area contributed by atoms with E-state index in [1.54, 1.807) is 0 Å². The summed E-state index contributed by atoms with van der Waals surface area (Å²) in [5.41, 5.74) is 29.1. The molecule has 0 unspecified atom stereocenters. The van der Waals surface area contributed by atoms with Crippen LogP contribution in [0.5, 0.6) is 0 Å². The predicted octanol–water partition coefficient (Wildman–Crippen LogP) is -1.14. The van der Waals surface area contributed by atoms with Crippen LogP contribution in [0.4, 0.5) is 34.9 Å². The van der Waals surface area contributed by atoms with Crippen LogP contribution in [0, 0.1) is 20.2 Å². The van der Waals surface area contributed by atoms with Crippen LogP contribution in [0.1, 0.15) is 12.8 Å². The SMILES string of the molecule is N[C@@H]1C[C@H](N)CN(c2nc(NNc3ccc([N+](=O)[O-])cc3[N+](=O)[O-])nc(N3C[C@H](N)C[C@H](N)C3)n2)C1. The number of nitro benzene ring substituents is 2. The van der Waals surface area contributed by atoms with Gasteiger partial charge in [0.05, 0.1) is 15.9 Å². The Morgan fingerprint density at radius 3 is 1.72 bits per heavy atom. The number of nitrogens with zero attached hydrogens (tertiary/aromatic N) is 7. The molecule has 1 aromatic heterocycles. The molecule has 2 aliphatic heterocycles. The van der Waals surface area contributed by atoms with Gasteiger partial charge < -0.3 is 32.7 Å². The van der Waals surface area contributed by atoms with Crippen LogP contribution < -0.4 is 43.6 Å². The number of benzene rings is 1. The topological polar surface area (TPSA) is 260 Å². The highest BCUT2D eigenvalue weighted by molar-refractivity contribution is 5.66. The van der Waals surface area contributed by atoms with E-state index in [0.717, 1.165) is 12.1 Å². The van der Waals surface area contributed by atoms with Crippen molar-refractivity contribution in [1.29, 1.82) is 0 Å². The largest absolute Gasteiger partial charge is 0.338 e. The molecule has 1 aromatic carbocycles. The number of non-ortho nitro benzene ring substituents is 1. The van der Waals surface area contributed by atoms with E-state index in [2.05, 4.69) is 25.8 Å². The third kappa shape index (κ3) is 5.82. The normalized spacial score (nSPS) is 24.3. The summed E-state index contributed by atoms with van der Waals surface area (Å²) in [5.74, 6) is 0.699. The van der Waals surface area contributed by atoms with E-state index < -0.39 is 21.2 Å². The molecule has 17 heteroatoms. The maximum atomic E-state index is 11.5. The summed E-state index contributed by atoms with van der Waals surface area (Å²) in [4.78, 5) is 38.2. The molecular weight excluding hydrogens is 474 g/mol. The number of anilines is 4. The smallest absolute Gasteiger partial charge is 0.300 e. The van der Waals surface area contributed by atoms with Crippen molar-refractivity contribution < 1.29 is 9.85 Å². The van der Waals surface area contributed by atoms with E-state index in [1.807, 2.05) is 9.80 Å². The fourth-order valence-corrected chi connectivity index (χ4v) is 4.39. The zero-order valence-corrected chi connectivity index (χ0v) is 19.4. The van der Waals surface area contributed by atoms with Gasteiger partial charge >= 0.3 is 5.69 Å². The van der Waals surface area contributed by atoms with Crippen molar-refractivity contribution in [3.05, 3.63) is 38.4 Å². The Hall–Kier alpha value is -3.93. The quantitative estimate of drug-likeness (QED) is 0.192. The molecule has 36 heavy (non-hydrogen) atoms. The summed E-state index contributed by atoms with van der Waals surface area (Å²) in [5, 5.41) is 22.5. The van der Waals surface area contributed by atoms with Crippen LogP contribution in [0.25, 0.3) is 0 Å². The molecule has 2 aliphatic rings. The Morgan fingerprint density at radius 2 is 1.28 bits per heavy atom. The first-order valence-electron chi connectivity index (χ1n) is 11.3. The number of hydrogen-bond acceptors (Lipinski definition) is 15. The zero-order chi connectivity index (χ0) is 26.0. The second kappa shape index (κ2) is 10.4. The number of aromatic nitrogens is 3. The number of nitrogens with two attached hydrogens (primary N) is 4. The van der Waals surface area contributed by atoms with Crippen LogP contribution in [-0.2, 0) is 0 Å². The van der Waals surface area contributed by atoms with Gasteiger partial charge in [0.2, 0.25) is 17.8 Å². The zero-order valence-electron chi connectivity index (χ0n) is 19.4. The first-order valence-corrected chi connectivity index (χ1v) is 11.3. The monoisotopic (exact) mass is 503 g/mol. The van der Waals surface area contributed by atoms with Crippen molar-refractivity contribution in [2.75, 3.05) is 46.8 Å². The molecule has 0 amide bonds. The van der Waals surface area contributed by atoms with Gasteiger partial charge in [0, 0.05) is 56.4 Å². The Labute approximate surface area is 205 Å². The van der Waals surface area contributed by atoms with Crippen molar-refractivity contribution in [3.8, 4) is 0 Å². The number of nitro groups is 2. The minimum absolute atomic E-state index is 0.0156. The summed E-state index contributed by atoms with van der Waals surface area (Å²) in [6.07, 6.45) is 1.33. The van der Waals surface area contributed by atoms with E-state index in [1.165, 1.54) is 6.07 Å². The van der Waals surface area contributed by atoms with E-state index >= 15 is 0 Å². The standard InChI is InChI=1S/C19H29N13O4/c20-10-3-11(21)7-29(6-10)18-24-17(25-19(26-18)30-8-12(22)4-13(23)9-30)28-27-15-2-1-14(31(33)34)5-16(15)32(35)36/h1-2,5,10-13,27H,3-4,6-9,20-23H2,(H,24,25,26,28)/t10-,11+,12-,13+. The van der Waals surface area contributed by atoms with Crippen LogP contribution in [0.15, 0.2) is 18.2 Å². The lowest BCUT2D eigenvalue weighted by atomic mass is 10.0. The maximum Gasteiger partial charge on any atom is 0.300 e. The molecule has 4 rings (SSSR count). The molecule has 3 heterocycles. The van der Waals surface area contributed by atoms with Crippen LogP contribution >= 0.6 is 0 Å². The molecule has 2 fully saturated rings. The lowest BCUT2D eigenvalue weighted by molar-refractivity contribution is -0.393. The van der Waals surface area contributed by atoms with Crippen LogP contribution in [0.2, 0.25) is 0 Å². The summed E-state index contributed by atoms with van der Waals surface area (Å²) in [7, 11) is 0. The van der Waals surface area contributed by atoms with E-state index in [0.29, 0.717) is 50.9 Å². The molecule has 17 nitrogen and oxygen atoms in total. The summed E-state index contributed by atoms with van der Waals surface area (Å²) < 4.78 is 0. The van der Waals surface area contributed by atoms with Crippen molar-refractivity contribution in [2.24, 2.45) is 22.9 Å². The minimum Gasteiger partial charge on any atom is -0.338 e. The van der Waals surface area contributed by atoms with Gasteiger partial charge in [-0.05, 0) is 18.9 Å². The summed E-state index contributed by atoms with van der Waals surface area (Å²) >= 11 is 0. The third-order valence-corrected chi connectivity index (χ3v) is 5.91. The highest BCUT2D eigenvalue weighted by atomic mass is 16.6.